The smallest absolute Gasteiger partial charge is 0.295 e. The number of amides is 1. The molecule has 0 heterocycles. The highest BCUT2D eigenvalue weighted by molar-refractivity contribution is 5.78. The van der Waals surface area contributed by atoms with Crippen molar-refractivity contribution in [1.82, 2.24) is 10.6 Å². The number of ether oxygens (including phenoxy) is 2. The second kappa shape index (κ2) is 8.00. The summed E-state index contributed by atoms with van der Waals surface area (Å²) in [7, 11) is 2.99. The number of hydrogen-bond acceptors (Lipinski definition) is 4. The number of carbonyl (C=O) groups excluding carboxylic acids is 1. The molecule has 0 saturated heterocycles. The van der Waals surface area contributed by atoms with Crippen LogP contribution in [0.3, 0.4) is 0 Å². The fourth-order valence-corrected chi connectivity index (χ4v) is 1.29. The van der Waals surface area contributed by atoms with Crippen LogP contribution in [0.1, 0.15) is 5.56 Å². The minimum atomic E-state index is -0.0957. The highest BCUT2D eigenvalue weighted by Crippen LogP contribution is 1.96. The molecule has 0 atom stereocenters. The quantitative estimate of drug-likeness (QED) is 0.708. The maximum Gasteiger partial charge on any atom is 0.295 e. The maximum atomic E-state index is 11.5. The lowest BCUT2D eigenvalue weighted by atomic mass is 10.2. The second-order valence-corrected chi connectivity index (χ2v) is 3.51. The third-order valence-electron chi connectivity index (χ3n) is 2.22. The first-order valence-electron chi connectivity index (χ1n) is 5.58. The predicted octanol–water partition coefficient (Wildman–Crippen LogP) is 0.984. The molecule has 0 radical (unpaired) electrons. The molecule has 1 aromatic carbocycles. The molecular formula is C13H18N2O3. The Bertz CT molecular complexity index is 384. The molecule has 0 aliphatic heterocycles. The minimum Gasteiger partial charge on any atom is -0.468 e. The minimum absolute atomic E-state index is 0.0957. The van der Waals surface area contributed by atoms with Gasteiger partial charge in [0.1, 0.15) is 0 Å². The molecular weight excluding hydrogens is 232 g/mol. The summed E-state index contributed by atoms with van der Waals surface area (Å²) in [5, 5.41) is 5.60. The van der Waals surface area contributed by atoms with Gasteiger partial charge >= 0.3 is 0 Å². The van der Waals surface area contributed by atoms with Crippen LogP contribution in [-0.4, -0.2) is 26.7 Å². The van der Waals surface area contributed by atoms with Crippen molar-refractivity contribution in [3.05, 3.63) is 48.0 Å². The molecule has 0 aliphatic carbocycles. The normalized spacial score (nSPS) is 9.22. The van der Waals surface area contributed by atoms with Crippen LogP contribution >= 0.6 is 0 Å². The van der Waals surface area contributed by atoms with Crippen molar-refractivity contribution in [2.45, 2.75) is 6.54 Å². The van der Waals surface area contributed by atoms with Crippen LogP contribution in [0.15, 0.2) is 42.5 Å². The fourth-order valence-electron chi connectivity index (χ4n) is 1.29. The van der Waals surface area contributed by atoms with E-state index in [-0.39, 0.29) is 12.5 Å². The standard InChI is InChI=1S/C13H18N2O3/c1-17-13(18-2)10-14-9-12(16)15-8-11-6-4-3-5-7-11/h3-7,10,14H,8-9H2,1-2H3,(H,15,16). The molecule has 0 aromatic heterocycles. The lowest BCUT2D eigenvalue weighted by molar-refractivity contribution is -0.120. The average molecular weight is 250 g/mol. The van der Waals surface area contributed by atoms with Gasteiger partial charge in [-0.05, 0) is 5.56 Å². The van der Waals surface area contributed by atoms with E-state index >= 15 is 0 Å². The predicted molar refractivity (Wildman–Crippen MR) is 68.4 cm³/mol. The van der Waals surface area contributed by atoms with Crippen LogP contribution in [0, 0.1) is 0 Å². The third-order valence-corrected chi connectivity index (χ3v) is 2.22. The Kier molecular flexibility index (Phi) is 6.17. The largest absolute Gasteiger partial charge is 0.468 e. The van der Waals surface area contributed by atoms with Gasteiger partial charge in [-0.25, -0.2) is 0 Å². The summed E-state index contributed by atoms with van der Waals surface area (Å²) in [6.07, 6.45) is 1.50. The summed E-state index contributed by atoms with van der Waals surface area (Å²) in [6.45, 7) is 0.690. The molecule has 0 fully saturated rings. The molecule has 0 bridgehead atoms. The summed E-state index contributed by atoms with van der Waals surface area (Å²) < 4.78 is 9.71. The number of nitrogens with one attached hydrogen (secondary N) is 2. The lowest BCUT2D eigenvalue weighted by Crippen LogP contribution is -2.31. The summed E-state index contributed by atoms with van der Waals surface area (Å²) in [4.78, 5) is 11.5. The van der Waals surface area contributed by atoms with Crippen LogP contribution in [0.2, 0.25) is 0 Å². The van der Waals surface area contributed by atoms with Gasteiger partial charge in [-0.3, -0.25) is 4.79 Å². The van der Waals surface area contributed by atoms with Crippen LogP contribution in [0.5, 0.6) is 0 Å². The number of hydrogen-bond donors (Lipinski definition) is 2. The molecule has 1 amide bonds. The molecule has 5 nitrogen and oxygen atoms in total. The van der Waals surface area contributed by atoms with Crippen molar-refractivity contribution in [1.29, 1.82) is 0 Å². The number of methoxy groups -OCH3 is 2. The van der Waals surface area contributed by atoms with Crippen molar-refractivity contribution in [3.63, 3.8) is 0 Å². The molecule has 5 heteroatoms. The van der Waals surface area contributed by atoms with E-state index in [2.05, 4.69) is 10.6 Å². The van der Waals surface area contributed by atoms with E-state index in [0.717, 1.165) is 5.56 Å². The van der Waals surface area contributed by atoms with Gasteiger partial charge in [0.25, 0.3) is 5.95 Å². The average Bonchev–Trinajstić information content (AvgIpc) is 2.42. The molecule has 0 spiro atoms. The van der Waals surface area contributed by atoms with Gasteiger partial charge in [-0.1, -0.05) is 30.3 Å². The van der Waals surface area contributed by atoms with E-state index in [4.69, 9.17) is 9.47 Å². The Balaban J connectivity index is 2.24. The van der Waals surface area contributed by atoms with Crippen LogP contribution < -0.4 is 10.6 Å². The fraction of sp³-hybridized carbons (Fsp3) is 0.308. The maximum absolute atomic E-state index is 11.5. The number of benzene rings is 1. The van der Waals surface area contributed by atoms with Gasteiger partial charge in [0, 0.05) is 6.54 Å². The molecule has 1 rings (SSSR count). The van der Waals surface area contributed by atoms with E-state index in [1.165, 1.54) is 20.4 Å². The van der Waals surface area contributed by atoms with E-state index in [1.54, 1.807) is 0 Å². The van der Waals surface area contributed by atoms with Gasteiger partial charge in [0.2, 0.25) is 5.91 Å². The SMILES string of the molecule is COC(=CNCC(=O)NCc1ccccc1)OC. The van der Waals surface area contributed by atoms with Gasteiger partial charge in [-0.15, -0.1) is 0 Å². The Hall–Kier alpha value is -2.17. The highest BCUT2D eigenvalue weighted by Gasteiger charge is 2.00. The van der Waals surface area contributed by atoms with Crippen LogP contribution in [-0.2, 0) is 20.8 Å². The summed E-state index contributed by atoms with van der Waals surface area (Å²) in [5.41, 5.74) is 1.07. The van der Waals surface area contributed by atoms with Gasteiger partial charge in [0.05, 0.1) is 27.0 Å². The van der Waals surface area contributed by atoms with Crippen molar-refractivity contribution < 1.29 is 14.3 Å². The number of carbonyl (C=O) groups is 1. The molecule has 1 aromatic rings. The van der Waals surface area contributed by atoms with Gasteiger partial charge in [0.15, 0.2) is 0 Å². The molecule has 18 heavy (non-hydrogen) atoms. The zero-order valence-corrected chi connectivity index (χ0v) is 10.6. The third kappa shape index (κ3) is 5.25. The van der Waals surface area contributed by atoms with Crippen LogP contribution in [0.4, 0.5) is 0 Å². The van der Waals surface area contributed by atoms with E-state index < -0.39 is 0 Å². The first kappa shape index (κ1) is 13.9. The molecule has 0 saturated carbocycles. The summed E-state index contributed by atoms with van der Waals surface area (Å²) in [5.74, 6) is 0.229. The Morgan fingerprint density at radius 1 is 1.22 bits per heavy atom. The van der Waals surface area contributed by atoms with Gasteiger partial charge < -0.3 is 20.1 Å². The van der Waals surface area contributed by atoms with Crippen molar-refractivity contribution in [2.24, 2.45) is 0 Å². The van der Waals surface area contributed by atoms with Crippen molar-refractivity contribution >= 4 is 5.91 Å². The van der Waals surface area contributed by atoms with E-state index in [9.17, 15) is 4.79 Å². The number of rotatable bonds is 7. The lowest BCUT2D eigenvalue weighted by Gasteiger charge is -2.06. The first-order chi connectivity index (χ1) is 8.76. The Labute approximate surface area is 107 Å². The van der Waals surface area contributed by atoms with Gasteiger partial charge in [-0.2, -0.15) is 0 Å². The highest BCUT2D eigenvalue weighted by atomic mass is 16.7. The van der Waals surface area contributed by atoms with Crippen molar-refractivity contribution in [2.75, 3.05) is 20.8 Å². The van der Waals surface area contributed by atoms with Crippen molar-refractivity contribution in [3.8, 4) is 0 Å². The summed E-state index contributed by atoms with van der Waals surface area (Å²) >= 11 is 0. The van der Waals surface area contributed by atoms with E-state index in [1.807, 2.05) is 30.3 Å². The Morgan fingerprint density at radius 3 is 2.50 bits per heavy atom. The Morgan fingerprint density at radius 2 is 1.89 bits per heavy atom. The zero-order chi connectivity index (χ0) is 13.2. The summed E-state index contributed by atoms with van der Waals surface area (Å²) in [6, 6.07) is 9.73. The topological polar surface area (TPSA) is 59.6 Å². The second-order valence-electron chi connectivity index (χ2n) is 3.51. The zero-order valence-electron chi connectivity index (χ0n) is 10.6. The monoisotopic (exact) mass is 250 g/mol. The molecule has 0 unspecified atom stereocenters. The van der Waals surface area contributed by atoms with E-state index in [0.29, 0.717) is 12.5 Å². The molecule has 98 valence electrons. The first-order valence-corrected chi connectivity index (χ1v) is 5.58. The molecule has 2 N–H and O–H groups in total. The van der Waals surface area contributed by atoms with Crippen LogP contribution in [0.25, 0.3) is 0 Å². The molecule has 0 aliphatic rings.